The lowest BCUT2D eigenvalue weighted by atomic mass is 9.95. The van der Waals surface area contributed by atoms with Gasteiger partial charge in [-0.15, -0.1) is 0 Å². The number of amides is 1. The monoisotopic (exact) mass is 439 g/mol. The number of rotatable bonds is 7. The molecule has 1 amide bonds. The highest BCUT2D eigenvalue weighted by Gasteiger charge is 2.28. The van der Waals surface area contributed by atoms with E-state index in [9.17, 15) is 9.18 Å². The number of ether oxygens (including phenoxy) is 1. The standard InChI is InChI=1S/C24H30FN5O2/c1-16-15-21(17(2)30(16)11-4-14-32-3)24(31)29-12-9-19(10-13-29)23-26-22(27-28-23)18-5-7-20(25)8-6-18/h5-8,15,19H,4,9-14H2,1-3H3,(H,26,27,28). The summed E-state index contributed by atoms with van der Waals surface area (Å²) in [6, 6.07) is 8.17. The molecule has 0 radical (unpaired) electrons. The molecule has 7 nitrogen and oxygen atoms in total. The third-order valence-electron chi connectivity index (χ3n) is 6.31. The zero-order valence-electron chi connectivity index (χ0n) is 18.9. The van der Waals surface area contributed by atoms with E-state index < -0.39 is 0 Å². The highest BCUT2D eigenvalue weighted by Crippen LogP contribution is 2.28. The number of benzene rings is 1. The number of halogens is 1. The molecule has 1 aliphatic rings. The SMILES string of the molecule is COCCCn1c(C)cc(C(=O)N2CCC(c3nc(-c4ccc(F)cc4)n[nH]3)CC2)c1C. The van der Waals surface area contributed by atoms with E-state index in [4.69, 9.17) is 4.74 Å². The molecule has 0 spiro atoms. The molecule has 1 fully saturated rings. The fraction of sp³-hybridized carbons (Fsp3) is 0.458. The molecule has 4 rings (SSSR count). The number of nitrogens with one attached hydrogen (secondary N) is 1. The van der Waals surface area contributed by atoms with Crippen LogP contribution in [0.3, 0.4) is 0 Å². The van der Waals surface area contributed by atoms with Crippen LogP contribution in [0.25, 0.3) is 11.4 Å². The molecular weight excluding hydrogens is 409 g/mol. The van der Waals surface area contributed by atoms with Gasteiger partial charge in [-0.05, 0) is 63.4 Å². The Morgan fingerprint density at radius 1 is 1.22 bits per heavy atom. The minimum atomic E-state index is -0.280. The summed E-state index contributed by atoms with van der Waals surface area (Å²) in [4.78, 5) is 19.8. The molecule has 1 aromatic carbocycles. The number of carbonyl (C=O) groups is 1. The number of aromatic amines is 1. The molecule has 0 bridgehead atoms. The van der Waals surface area contributed by atoms with Crippen molar-refractivity contribution in [3.05, 3.63) is 58.9 Å². The molecule has 2 aromatic heterocycles. The van der Waals surface area contributed by atoms with Crippen LogP contribution >= 0.6 is 0 Å². The quantitative estimate of drug-likeness (QED) is 0.563. The van der Waals surface area contributed by atoms with Gasteiger partial charge in [0.1, 0.15) is 11.6 Å². The van der Waals surface area contributed by atoms with Gasteiger partial charge in [0.25, 0.3) is 5.91 Å². The number of likely N-dealkylation sites (tertiary alicyclic amines) is 1. The first-order chi connectivity index (χ1) is 15.5. The number of hydrogen-bond donors (Lipinski definition) is 1. The first-order valence-electron chi connectivity index (χ1n) is 11.1. The van der Waals surface area contributed by atoms with E-state index in [1.54, 1.807) is 19.2 Å². The molecule has 3 aromatic rings. The zero-order chi connectivity index (χ0) is 22.7. The summed E-state index contributed by atoms with van der Waals surface area (Å²) in [5.41, 5.74) is 3.69. The smallest absolute Gasteiger partial charge is 0.255 e. The highest BCUT2D eigenvalue weighted by molar-refractivity contribution is 5.95. The van der Waals surface area contributed by atoms with Crippen LogP contribution in [0.5, 0.6) is 0 Å². The number of aromatic nitrogens is 4. The van der Waals surface area contributed by atoms with Crippen molar-refractivity contribution in [2.24, 2.45) is 0 Å². The Kier molecular flexibility index (Phi) is 6.69. The first-order valence-corrected chi connectivity index (χ1v) is 11.1. The zero-order valence-corrected chi connectivity index (χ0v) is 18.9. The van der Waals surface area contributed by atoms with E-state index in [0.717, 1.165) is 54.1 Å². The maximum absolute atomic E-state index is 13.2. The van der Waals surface area contributed by atoms with E-state index in [1.165, 1.54) is 12.1 Å². The van der Waals surface area contributed by atoms with Crippen LogP contribution in [0.15, 0.2) is 30.3 Å². The summed E-state index contributed by atoms with van der Waals surface area (Å²) in [6.07, 6.45) is 2.58. The van der Waals surface area contributed by atoms with Crippen molar-refractivity contribution in [2.45, 2.75) is 45.6 Å². The summed E-state index contributed by atoms with van der Waals surface area (Å²) in [7, 11) is 1.70. The fourth-order valence-corrected chi connectivity index (χ4v) is 4.44. The molecule has 1 N–H and O–H groups in total. The maximum Gasteiger partial charge on any atom is 0.255 e. The highest BCUT2D eigenvalue weighted by atomic mass is 19.1. The molecule has 3 heterocycles. The Labute approximate surface area is 187 Å². The average Bonchev–Trinajstić information content (AvgIpc) is 3.40. The summed E-state index contributed by atoms with van der Waals surface area (Å²) in [5.74, 6) is 1.44. The van der Waals surface area contributed by atoms with Gasteiger partial charge >= 0.3 is 0 Å². The van der Waals surface area contributed by atoms with Gasteiger partial charge in [-0.2, -0.15) is 5.10 Å². The van der Waals surface area contributed by atoms with Gasteiger partial charge in [-0.3, -0.25) is 9.89 Å². The Hall–Kier alpha value is -3.00. The van der Waals surface area contributed by atoms with Crippen LogP contribution in [-0.2, 0) is 11.3 Å². The van der Waals surface area contributed by atoms with Gasteiger partial charge in [-0.25, -0.2) is 9.37 Å². The van der Waals surface area contributed by atoms with Crippen molar-refractivity contribution < 1.29 is 13.9 Å². The minimum absolute atomic E-state index is 0.0964. The van der Waals surface area contributed by atoms with Crippen molar-refractivity contribution >= 4 is 5.91 Å². The Morgan fingerprint density at radius 3 is 2.62 bits per heavy atom. The maximum atomic E-state index is 13.2. The van der Waals surface area contributed by atoms with Gasteiger partial charge in [0, 0.05) is 56.2 Å². The number of methoxy groups -OCH3 is 1. The molecule has 1 aliphatic heterocycles. The third kappa shape index (κ3) is 4.60. The van der Waals surface area contributed by atoms with Crippen molar-refractivity contribution in [1.29, 1.82) is 0 Å². The molecule has 0 aliphatic carbocycles. The third-order valence-corrected chi connectivity index (χ3v) is 6.31. The second-order valence-electron chi connectivity index (χ2n) is 8.40. The summed E-state index contributed by atoms with van der Waals surface area (Å²) >= 11 is 0. The summed E-state index contributed by atoms with van der Waals surface area (Å²) in [5, 5.41) is 7.33. The number of aryl methyl sites for hydroxylation is 1. The van der Waals surface area contributed by atoms with E-state index in [2.05, 4.69) is 19.7 Å². The summed E-state index contributed by atoms with van der Waals surface area (Å²) < 4.78 is 20.5. The fourth-order valence-electron chi connectivity index (χ4n) is 4.44. The van der Waals surface area contributed by atoms with Crippen molar-refractivity contribution in [1.82, 2.24) is 24.6 Å². The molecule has 0 unspecified atom stereocenters. The van der Waals surface area contributed by atoms with Crippen LogP contribution in [0.1, 0.15) is 52.8 Å². The van der Waals surface area contributed by atoms with Gasteiger partial charge in [0.2, 0.25) is 0 Å². The molecule has 1 saturated heterocycles. The topological polar surface area (TPSA) is 76.0 Å². The number of hydrogen-bond acceptors (Lipinski definition) is 4. The Bertz CT molecular complexity index is 1060. The minimum Gasteiger partial charge on any atom is -0.385 e. The normalized spacial score (nSPS) is 14.8. The van der Waals surface area contributed by atoms with Crippen LogP contribution in [0, 0.1) is 19.7 Å². The first kappa shape index (κ1) is 22.2. The molecule has 0 atom stereocenters. The second-order valence-corrected chi connectivity index (χ2v) is 8.40. The lowest BCUT2D eigenvalue weighted by Crippen LogP contribution is -2.38. The van der Waals surface area contributed by atoms with Crippen molar-refractivity contribution in [3.8, 4) is 11.4 Å². The average molecular weight is 440 g/mol. The second kappa shape index (κ2) is 9.65. The van der Waals surface area contributed by atoms with E-state index in [1.807, 2.05) is 24.8 Å². The largest absolute Gasteiger partial charge is 0.385 e. The van der Waals surface area contributed by atoms with Crippen molar-refractivity contribution in [3.63, 3.8) is 0 Å². The summed E-state index contributed by atoms with van der Waals surface area (Å²) in [6.45, 7) is 6.99. The number of piperidine rings is 1. The molecular formula is C24H30FN5O2. The Morgan fingerprint density at radius 2 is 1.94 bits per heavy atom. The molecule has 170 valence electrons. The van der Waals surface area contributed by atoms with E-state index in [0.29, 0.717) is 25.5 Å². The van der Waals surface area contributed by atoms with Crippen LogP contribution in [0.4, 0.5) is 4.39 Å². The predicted molar refractivity (Wildman–Crippen MR) is 120 cm³/mol. The van der Waals surface area contributed by atoms with Gasteiger partial charge < -0.3 is 14.2 Å². The number of H-pyrrole nitrogens is 1. The van der Waals surface area contributed by atoms with Gasteiger partial charge in [0.15, 0.2) is 5.82 Å². The molecule has 32 heavy (non-hydrogen) atoms. The van der Waals surface area contributed by atoms with Crippen molar-refractivity contribution in [2.75, 3.05) is 26.8 Å². The number of carbonyl (C=O) groups excluding carboxylic acids is 1. The number of nitrogens with zero attached hydrogens (tertiary/aromatic N) is 4. The molecule has 0 saturated carbocycles. The van der Waals surface area contributed by atoms with Crippen LogP contribution in [0.2, 0.25) is 0 Å². The van der Waals surface area contributed by atoms with Gasteiger partial charge in [-0.1, -0.05) is 0 Å². The predicted octanol–water partition coefficient (Wildman–Crippen LogP) is 4.09. The van der Waals surface area contributed by atoms with Crippen LogP contribution < -0.4 is 0 Å². The van der Waals surface area contributed by atoms with Crippen LogP contribution in [-0.4, -0.2) is 57.4 Å². The lowest BCUT2D eigenvalue weighted by molar-refractivity contribution is 0.0710. The van der Waals surface area contributed by atoms with E-state index in [-0.39, 0.29) is 17.6 Å². The Balaban J connectivity index is 1.38. The lowest BCUT2D eigenvalue weighted by Gasteiger charge is -2.31. The van der Waals surface area contributed by atoms with Gasteiger partial charge in [0.05, 0.1) is 5.56 Å². The van der Waals surface area contributed by atoms with E-state index >= 15 is 0 Å². The molecule has 8 heteroatoms.